The molecule has 0 saturated heterocycles. The van der Waals surface area contributed by atoms with Gasteiger partial charge in [0.2, 0.25) is 0 Å². The fourth-order valence-corrected chi connectivity index (χ4v) is 1.93. The van der Waals surface area contributed by atoms with Crippen molar-refractivity contribution in [2.24, 2.45) is 0 Å². The summed E-state index contributed by atoms with van der Waals surface area (Å²) >= 11 is 6.12. The van der Waals surface area contributed by atoms with Gasteiger partial charge in [0.15, 0.2) is 0 Å². The molecule has 0 unspecified atom stereocenters. The number of rotatable bonds is 5. The van der Waals surface area contributed by atoms with Crippen LogP contribution in [0.25, 0.3) is 0 Å². The molecule has 0 aliphatic rings. The monoisotopic (exact) mass is 291 g/mol. The first-order chi connectivity index (χ1) is 9.58. The number of benzene rings is 2. The first-order valence-electron chi connectivity index (χ1n) is 6.56. The van der Waals surface area contributed by atoms with Crippen LogP contribution < -0.4 is 15.2 Å². The van der Waals surface area contributed by atoms with E-state index in [9.17, 15) is 0 Å². The highest BCUT2D eigenvalue weighted by Crippen LogP contribution is 2.33. The number of hydrogen-bond donors (Lipinski definition) is 1. The minimum Gasteiger partial charge on any atom is -0.493 e. The maximum Gasteiger partial charge on any atom is 0.146 e. The van der Waals surface area contributed by atoms with E-state index in [1.807, 2.05) is 31.2 Å². The molecule has 0 bridgehead atoms. The van der Waals surface area contributed by atoms with Gasteiger partial charge < -0.3 is 15.2 Å². The van der Waals surface area contributed by atoms with E-state index < -0.39 is 0 Å². The van der Waals surface area contributed by atoms with E-state index in [2.05, 4.69) is 6.92 Å². The van der Waals surface area contributed by atoms with Crippen molar-refractivity contribution in [3.63, 3.8) is 0 Å². The maximum absolute atomic E-state index is 6.12. The molecule has 20 heavy (non-hydrogen) atoms. The molecular weight excluding hydrogens is 274 g/mol. The Hall–Kier alpha value is -1.87. The smallest absolute Gasteiger partial charge is 0.146 e. The highest BCUT2D eigenvalue weighted by Gasteiger charge is 2.06. The Kier molecular flexibility index (Phi) is 4.74. The van der Waals surface area contributed by atoms with Crippen molar-refractivity contribution in [1.82, 2.24) is 0 Å². The average Bonchev–Trinajstić information content (AvgIpc) is 2.40. The van der Waals surface area contributed by atoms with Crippen LogP contribution in [0.5, 0.6) is 17.2 Å². The van der Waals surface area contributed by atoms with Crippen molar-refractivity contribution >= 4 is 17.3 Å². The minimum absolute atomic E-state index is 0.564. The van der Waals surface area contributed by atoms with Gasteiger partial charge in [-0.3, -0.25) is 0 Å². The number of hydrogen-bond acceptors (Lipinski definition) is 3. The molecule has 0 aliphatic heterocycles. The van der Waals surface area contributed by atoms with Crippen molar-refractivity contribution < 1.29 is 9.47 Å². The molecule has 2 aromatic carbocycles. The average molecular weight is 292 g/mol. The predicted molar refractivity (Wildman–Crippen MR) is 82.9 cm³/mol. The highest BCUT2D eigenvalue weighted by molar-refractivity contribution is 6.32. The number of anilines is 1. The summed E-state index contributed by atoms with van der Waals surface area (Å²) in [5.41, 5.74) is 7.53. The molecule has 0 amide bonds. The van der Waals surface area contributed by atoms with Gasteiger partial charge in [-0.1, -0.05) is 24.6 Å². The standard InChI is InChI=1S/C16H18ClNO2/c1-3-6-19-13-8-12(18)9-14(10-13)20-16-7-11(2)4-5-15(16)17/h4-5,7-10H,3,6,18H2,1-2H3. The molecule has 0 fully saturated rings. The summed E-state index contributed by atoms with van der Waals surface area (Å²) in [4.78, 5) is 0. The van der Waals surface area contributed by atoms with Crippen LogP contribution in [-0.4, -0.2) is 6.61 Å². The molecule has 0 radical (unpaired) electrons. The maximum atomic E-state index is 6.12. The van der Waals surface area contributed by atoms with Gasteiger partial charge in [0.25, 0.3) is 0 Å². The van der Waals surface area contributed by atoms with Crippen molar-refractivity contribution in [3.05, 3.63) is 47.0 Å². The van der Waals surface area contributed by atoms with Crippen LogP contribution in [0.1, 0.15) is 18.9 Å². The second-order valence-corrected chi connectivity index (χ2v) is 5.03. The third kappa shape index (κ3) is 3.81. The summed E-state index contributed by atoms with van der Waals surface area (Å²) in [5, 5.41) is 0.564. The van der Waals surface area contributed by atoms with E-state index in [-0.39, 0.29) is 0 Å². The Balaban J connectivity index is 2.24. The summed E-state index contributed by atoms with van der Waals surface area (Å²) in [5.74, 6) is 1.92. The van der Waals surface area contributed by atoms with Crippen LogP contribution >= 0.6 is 11.6 Å². The van der Waals surface area contributed by atoms with Gasteiger partial charge in [0, 0.05) is 23.9 Å². The molecule has 3 nitrogen and oxygen atoms in total. The van der Waals surface area contributed by atoms with E-state index in [1.54, 1.807) is 12.1 Å². The first-order valence-corrected chi connectivity index (χ1v) is 6.93. The van der Waals surface area contributed by atoms with E-state index in [4.69, 9.17) is 26.8 Å². The van der Waals surface area contributed by atoms with E-state index >= 15 is 0 Å². The second-order valence-electron chi connectivity index (χ2n) is 4.62. The minimum atomic E-state index is 0.564. The Labute approximate surface area is 124 Å². The summed E-state index contributed by atoms with van der Waals surface area (Å²) in [7, 11) is 0. The Morgan fingerprint density at radius 3 is 2.60 bits per heavy atom. The van der Waals surface area contributed by atoms with Gasteiger partial charge in [-0.05, 0) is 31.0 Å². The molecule has 0 aliphatic carbocycles. The van der Waals surface area contributed by atoms with Crippen molar-refractivity contribution in [2.75, 3.05) is 12.3 Å². The van der Waals surface area contributed by atoms with Crippen LogP contribution in [0, 0.1) is 6.92 Å². The van der Waals surface area contributed by atoms with E-state index in [0.29, 0.717) is 34.6 Å². The molecule has 2 N–H and O–H groups in total. The van der Waals surface area contributed by atoms with Crippen LogP contribution in [0.15, 0.2) is 36.4 Å². The molecule has 0 heterocycles. The summed E-state index contributed by atoms with van der Waals surface area (Å²) in [6.07, 6.45) is 0.939. The zero-order valence-electron chi connectivity index (χ0n) is 11.7. The number of aryl methyl sites for hydroxylation is 1. The zero-order valence-corrected chi connectivity index (χ0v) is 12.4. The Morgan fingerprint density at radius 1 is 1.10 bits per heavy atom. The van der Waals surface area contributed by atoms with Crippen molar-refractivity contribution in [1.29, 1.82) is 0 Å². The zero-order chi connectivity index (χ0) is 14.5. The summed E-state index contributed by atoms with van der Waals surface area (Å²) < 4.78 is 11.4. The predicted octanol–water partition coefficient (Wildman–Crippen LogP) is 4.81. The number of halogens is 1. The Morgan fingerprint density at radius 2 is 1.85 bits per heavy atom. The van der Waals surface area contributed by atoms with Gasteiger partial charge in [0.1, 0.15) is 17.2 Å². The number of nitrogens with two attached hydrogens (primary N) is 1. The molecule has 2 aromatic rings. The lowest BCUT2D eigenvalue weighted by Crippen LogP contribution is -1.97. The van der Waals surface area contributed by atoms with Crippen LogP contribution in [0.2, 0.25) is 5.02 Å². The topological polar surface area (TPSA) is 44.5 Å². The largest absolute Gasteiger partial charge is 0.493 e. The SMILES string of the molecule is CCCOc1cc(N)cc(Oc2cc(C)ccc2Cl)c1. The van der Waals surface area contributed by atoms with Gasteiger partial charge >= 0.3 is 0 Å². The lowest BCUT2D eigenvalue weighted by Gasteiger charge is -2.11. The molecular formula is C16H18ClNO2. The molecule has 0 spiro atoms. The fourth-order valence-electron chi connectivity index (χ4n) is 1.77. The highest BCUT2D eigenvalue weighted by atomic mass is 35.5. The summed E-state index contributed by atoms with van der Waals surface area (Å²) in [6, 6.07) is 11.0. The Bertz CT molecular complexity index is 599. The third-order valence-electron chi connectivity index (χ3n) is 2.69. The fraction of sp³-hybridized carbons (Fsp3) is 0.250. The van der Waals surface area contributed by atoms with Crippen LogP contribution in [0.3, 0.4) is 0 Å². The quantitative estimate of drug-likeness (QED) is 0.804. The van der Waals surface area contributed by atoms with Crippen molar-refractivity contribution in [3.8, 4) is 17.2 Å². The summed E-state index contributed by atoms with van der Waals surface area (Å²) in [6.45, 7) is 4.68. The van der Waals surface area contributed by atoms with Crippen LogP contribution in [-0.2, 0) is 0 Å². The molecule has 4 heteroatoms. The molecule has 106 valence electrons. The first kappa shape index (κ1) is 14.5. The molecule has 2 rings (SSSR count). The lowest BCUT2D eigenvalue weighted by atomic mass is 10.2. The molecule has 0 saturated carbocycles. The van der Waals surface area contributed by atoms with Crippen molar-refractivity contribution in [2.45, 2.75) is 20.3 Å². The van der Waals surface area contributed by atoms with Gasteiger partial charge in [0.05, 0.1) is 11.6 Å². The molecule has 0 aromatic heterocycles. The number of nitrogen functional groups attached to an aromatic ring is 1. The molecule has 0 atom stereocenters. The van der Waals surface area contributed by atoms with Gasteiger partial charge in [-0.15, -0.1) is 0 Å². The third-order valence-corrected chi connectivity index (χ3v) is 3.00. The van der Waals surface area contributed by atoms with E-state index in [1.165, 1.54) is 0 Å². The normalized spacial score (nSPS) is 10.3. The van der Waals surface area contributed by atoms with Gasteiger partial charge in [-0.25, -0.2) is 0 Å². The van der Waals surface area contributed by atoms with E-state index in [0.717, 1.165) is 12.0 Å². The second kappa shape index (κ2) is 6.53. The van der Waals surface area contributed by atoms with Crippen LogP contribution in [0.4, 0.5) is 5.69 Å². The lowest BCUT2D eigenvalue weighted by molar-refractivity contribution is 0.316. The van der Waals surface area contributed by atoms with Gasteiger partial charge in [-0.2, -0.15) is 0 Å². The number of ether oxygens (including phenoxy) is 2.